The summed E-state index contributed by atoms with van der Waals surface area (Å²) in [6, 6.07) is 6.28. The number of carbonyl (C=O) groups excluding carboxylic acids is 3. The maximum absolute atomic E-state index is 12.4. The Morgan fingerprint density at radius 3 is 1.57 bits per heavy atom. The summed E-state index contributed by atoms with van der Waals surface area (Å²) in [5.41, 5.74) is 7.05. The molecule has 0 radical (unpaired) electrons. The van der Waals surface area contributed by atoms with Gasteiger partial charge in [0.1, 0.15) is 29.5 Å². The van der Waals surface area contributed by atoms with Crippen LogP contribution in [0.1, 0.15) is 92.7 Å². The van der Waals surface area contributed by atoms with Gasteiger partial charge < -0.3 is 25.6 Å². The average molecular weight is 813 g/mol. The van der Waals surface area contributed by atoms with Crippen LogP contribution in [0.15, 0.2) is 36.8 Å². The van der Waals surface area contributed by atoms with Crippen molar-refractivity contribution < 1.29 is 19.1 Å². The minimum Gasteiger partial charge on any atom is -0.378 e. The third-order valence-corrected chi connectivity index (χ3v) is 12.9. The number of fused-ring (bicyclic) bond motifs is 6. The summed E-state index contributed by atoms with van der Waals surface area (Å²) in [4.78, 5) is 59.0. The number of rotatable bonds is 3. The molecular weight excluding hydrogens is 753 g/mol. The maximum Gasteiger partial charge on any atom is 0.245 e. The highest BCUT2D eigenvalue weighted by atomic mass is 32.2. The summed E-state index contributed by atoms with van der Waals surface area (Å²) in [5.74, 6) is 5.68. The average Bonchev–Trinajstić information content (AvgIpc) is 3.52. The van der Waals surface area contributed by atoms with Gasteiger partial charge in [0.15, 0.2) is 0 Å². The van der Waals surface area contributed by atoms with Gasteiger partial charge in [0.05, 0.1) is 19.3 Å². The summed E-state index contributed by atoms with van der Waals surface area (Å²) in [6.45, 7) is 21.0. The number of hydrogen-bond acceptors (Lipinski definition) is 12. The van der Waals surface area contributed by atoms with Gasteiger partial charge in [-0.1, -0.05) is 41.5 Å². The van der Waals surface area contributed by atoms with E-state index in [-0.39, 0.29) is 35.8 Å². The molecule has 0 bridgehead atoms. The van der Waals surface area contributed by atoms with E-state index in [1.54, 1.807) is 0 Å². The molecule has 0 saturated carbocycles. The normalized spacial score (nSPS) is 23.7. The van der Waals surface area contributed by atoms with Crippen LogP contribution in [0.25, 0.3) is 0 Å². The van der Waals surface area contributed by atoms with Crippen molar-refractivity contribution in [2.24, 2.45) is 0 Å². The summed E-state index contributed by atoms with van der Waals surface area (Å²) in [5, 5.41) is 8.89. The van der Waals surface area contributed by atoms with Crippen LogP contribution in [0.4, 0.5) is 17.5 Å². The molecule has 0 aliphatic carbocycles. The number of likely N-dealkylation sites (N-methyl/N-ethyl adjacent to an activating group) is 1. The number of morpholine rings is 1. The van der Waals surface area contributed by atoms with Crippen LogP contribution in [0.5, 0.6) is 0 Å². The van der Waals surface area contributed by atoms with Gasteiger partial charge in [0.2, 0.25) is 17.7 Å². The predicted molar refractivity (Wildman–Crippen MR) is 229 cm³/mol. The molecule has 58 heavy (non-hydrogen) atoms. The molecule has 9 rings (SSSR count). The fraction of sp³-hybridized carbons (Fsp3) is 0.581. The van der Waals surface area contributed by atoms with Crippen molar-refractivity contribution in [1.82, 2.24) is 34.6 Å². The molecule has 0 spiro atoms. The van der Waals surface area contributed by atoms with Crippen LogP contribution < -0.4 is 16.0 Å². The van der Waals surface area contributed by atoms with Gasteiger partial charge in [-0.15, -0.1) is 0 Å². The monoisotopic (exact) mass is 812 g/mol. The number of hydrogen-bond donors (Lipinski definition) is 3. The van der Waals surface area contributed by atoms with Crippen molar-refractivity contribution in [2.45, 2.75) is 97.1 Å². The summed E-state index contributed by atoms with van der Waals surface area (Å²) < 4.78 is 5.40. The van der Waals surface area contributed by atoms with Crippen molar-refractivity contribution in [3.05, 3.63) is 70.2 Å². The first-order valence-electron chi connectivity index (χ1n) is 20.8. The van der Waals surface area contributed by atoms with Crippen LogP contribution in [-0.4, -0.2) is 135 Å². The van der Waals surface area contributed by atoms with Crippen LogP contribution in [0.3, 0.4) is 0 Å². The highest BCUT2D eigenvalue weighted by molar-refractivity contribution is 7.99. The van der Waals surface area contributed by atoms with Gasteiger partial charge in [0.25, 0.3) is 0 Å². The Hall–Kier alpha value is -3.99. The van der Waals surface area contributed by atoms with E-state index >= 15 is 0 Å². The highest BCUT2D eigenvalue weighted by Crippen LogP contribution is 2.30. The minimum absolute atomic E-state index is 0.00421. The number of carbonyl (C=O) groups is 3. The topological polar surface area (TPSA) is 148 Å². The van der Waals surface area contributed by atoms with Crippen molar-refractivity contribution in [2.75, 3.05) is 80.4 Å². The van der Waals surface area contributed by atoms with E-state index in [0.29, 0.717) is 36.8 Å². The zero-order valence-corrected chi connectivity index (χ0v) is 35.9. The summed E-state index contributed by atoms with van der Waals surface area (Å²) in [7, 11) is 2.07. The second-order valence-corrected chi connectivity index (χ2v) is 18.3. The number of thioether (sulfide) groups is 1. The number of aromatic nitrogens is 3. The van der Waals surface area contributed by atoms with Gasteiger partial charge in [-0.25, -0.2) is 15.0 Å². The number of pyridine rings is 3. The number of piperazine rings is 1. The lowest BCUT2D eigenvalue weighted by Gasteiger charge is -2.37. The molecule has 3 atom stereocenters. The molecule has 15 heteroatoms. The van der Waals surface area contributed by atoms with Crippen LogP contribution >= 0.6 is 11.8 Å². The molecule has 3 unspecified atom stereocenters. The van der Waals surface area contributed by atoms with Crippen molar-refractivity contribution in [3.63, 3.8) is 0 Å². The maximum atomic E-state index is 12.4. The summed E-state index contributed by atoms with van der Waals surface area (Å²) in [6.07, 6.45) is 5.60. The van der Waals surface area contributed by atoms with E-state index in [2.05, 4.69) is 117 Å². The standard InChI is InChI=1S/C15H22N4O.C14H19N3O2.C14H19N3OS/c1-10(2)11-6-12-8-19-5-4-18(3)9-13(19)15(20)17-14(12)16-7-11;2*1-9(2)10-5-11-7-17-3-4-19-8-12(17)14(18)16-13(11)15-6-10/h6-7,10,13H,4-5,8-9H2,1-3H3,(H,16,17,20);2*5-6,9,12H,3-4,7-8H2,1-2H3,(H,15,16,18). The Kier molecular flexibility index (Phi) is 13.5. The van der Waals surface area contributed by atoms with Gasteiger partial charge in [-0.2, -0.15) is 11.8 Å². The first-order chi connectivity index (χ1) is 27.8. The number of nitrogens with one attached hydrogen (secondary N) is 3. The van der Waals surface area contributed by atoms with E-state index in [0.717, 1.165) is 92.2 Å². The molecular formula is C43H60N10O4S. The van der Waals surface area contributed by atoms with E-state index < -0.39 is 0 Å². The van der Waals surface area contributed by atoms with Gasteiger partial charge in [-0.3, -0.25) is 29.1 Å². The Morgan fingerprint density at radius 2 is 1.07 bits per heavy atom. The molecule has 3 aromatic rings. The number of amides is 3. The fourth-order valence-electron chi connectivity index (χ4n) is 8.02. The SMILES string of the molecule is CC(C)c1cnc2c(c1)CN1CCN(C)CC1C(=O)N2.CC(C)c1cnc2c(c1)CN1CCOCC1C(=O)N2.CC(C)c1cnc2c(c1)CN1CCSCC1C(=O)N2. The quantitative estimate of drug-likeness (QED) is 0.337. The lowest BCUT2D eigenvalue weighted by molar-refractivity contribution is -0.127. The van der Waals surface area contributed by atoms with E-state index in [1.165, 1.54) is 16.7 Å². The fourth-order valence-corrected chi connectivity index (χ4v) is 9.14. The van der Waals surface area contributed by atoms with Crippen LogP contribution in [0, 0.1) is 0 Å². The lowest BCUT2D eigenvalue weighted by atomic mass is 10.0. The molecule has 3 aromatic heterocycles. The minimum atomic E-state index is -0.189. The van der Waals surface area contributed by atoms with Crippen molar-refractivity contribution in [3.8, 4) is 0 Å². The summed E-state index contributed by atoms with van der Waals surface area (Å²) >= 11 is 1.86. The van der Waals surface area contributed by atoms with Crippen molar-refractivity contribution >= 4 is 46.9 Å². The van der Waals surface area contributed by atoms with E-state index in [9.17, 15) is 14.4 Å². The Balaban J connectivity index is 0.000000132. The Morgan fingerprint density at radius 1 is 0.621 bits per heavy atom. The van der Waals surface area contributed by atoms with E-state index in [1.807, 2.05) is 30.4 Å². The third-order valence-electron chi connectivity index (χ3n) is 11.9. The molecule has 3 fully saturated rings. The zero-order valence-electron chi connectivity index (χ0n) is 35.1. The molecule has 312 valence electrons. The van der Waals surface area contributed by atoms with Crippen LogP contribution in [-0.2, 0) is 38.8 Å². The molecule has 6 aliphatic heterocycles. The molecule has 3 amide bonds. The Labute approximate surface area is 347 Å². The van der Waals surface area contributed by atoms with Gasteiger partial charge in [-0.05, 0) is 59.7 Å². The third kappa shape index (κ3) is 9.72. The molecule has 9 heterocycles. The molecule has 3 N–H and O–H groups in total. The lowest BCUT2D eigenvalue weighted by Crippen LogP contribution is -2.55. The molecule has 14 nitrogen and oxygen atoms in total. The van der Waals surface area contributed by atoms with E-state index in [4.69, 9.17) is 4.74 Å². The van der Waals surface area contributed by atoms with Gasteiger partial charge >= 0.3 is 0 Å². The zero-order chi connectivity index (χ0) is 41.1. The first-order valence-corrected chi connectivity index (χ1v) is 21.9. The largest absolute Gasteiger partial charge is 0.378 e. The number of anilines is 3. The number of nitrogens with zero attached hydrogens (tertiary/aromatic N) is 7. The molecule has 3 saturated heterocycles. The number of ether oxygens (including phenoxy) is 1. The highest BCUT2D eigenvalue weighted by Gasteiger charge is 2.36. The Bertz CT molecular complexity index is 1890. The van der Waals surface area contributed by atoms with Crippen LogP contribution in [0.2, 0.25) is 0 Å². The molecule has 6 aliphatic rings. The van der Waals surface area contributed by atoms with Gasteiger partial charge in [0, 0.05) is 99.1 Å². The molecule has 0 aromatic carbocycles. The second kappa shape index (κ2) is 18.5. The smallest absolute Gasteiger partial charge is 0.245 e. The predicted octanol–water partition coefficient (Wildman–Crippen LogP) is 4.71. The first kappa shape index (κ1) is 42.1. The van der Waals surface area contributed by atoms with Crippen molar-refractivity contribution in [1.29, 1.82) is 0 Å². The second-order valence-electron chi connectivity index (χ2n) is 17.1.